The van der Waals surface area contributed by atoms with Crippen LogP contribution >= 0.6 is 0 Å². The van der Waals surface area contributed by atoms with E-state index in [0.29, 0.717) is 11.1 Å². The van der Waals surface area contributed by atoms with Crippen molar-refractivity contribution in [3.63, 3.8) is 0 Å². The quantitative estimate of drug-likeness (QED) is 0.671. The molecule has 3 rings (SSSR count). The smallest absolute Gasteiger partial charge is 0.244 e. The van der Waals surface area contributed by atoms with Crippen molar-refractivity contribution in [2.75, 3.05) is 0 Å². The third-order valence-corrected chi connectivity index (χ3v) is 6.24. The molecule has 2 unspecified atom stereocenters. The molecule has 5 nitrogen and oxygen atoms in total. The number of hydroxylamine groups is 1. The van der Waals surface area contributed by atoms with E-state index in [9.17, 15) is 13.2 Å². The topological polar surface area (TPSA) is 83.5 Å². The fourth-order valence-electron chi connectivity index (χ4n) is 3.08. The van der Waals surface area contributed by atoms with E-state index in [0.717, 1.165) is 0 Å². The van der Waals surface area contributed by atoms with Crippen molar-refractivity contribution in [1.29, 1.82) is 0 Å². The molecule has 2 aromatic carbocycles. The molecule has 0 aliphatic carbocycles. The molecule has 0 saturated carbocycles. The lowest BCUT2D eigenvalue weighted by atomic mass is 9.89. The molecule has 2 atom stereocenters. The van der Waals surface area contributed by atoms with Gasteiger partial charge in [-0.1, -0.05) is 48.5 Å². The van der Waals surface area contributed by atoms with Crippen molar-refractivity contribution in [1.82, 2.24) is 5.48 Å². The molecular weight excluding hydrogens is 302 g/mol. The number of hydrogen-bond acceptors (Lipinski definition) is 4. The lowest BCUT2D eigenvalue weighted by Gasteiger charge is -2.18. The van der Waals surface area contributed by atoms with Gasteiger partial charge in [-0.05, 0) is 17.2 Å². The van der Waals surface area contributed by atoms with Crippen molar-refractivity contribution < 1.29 is 18.4 Å². The highest BCUT2D eigenvalue weighted by atomic mass is 32.2. The minimum absolute atomic E-state index is 0.0910. The van der Waals surface area contributed by atoms with Gasteiger partial charge in [0.25, 0.3) is 0 Å². The number of hydrogen-bond donors (Lipinski definition) is 2. The fraction of sp³-hybridized carbons (Fsp3) is 0.188. The molecule has 0 bridgehead atoms. The van der Waals surface area contributed by atoms with Crippen LogP contribution in [0.3, 0.4) is 0 Å². The normalized spacial score (nSPS) is 22.0. The minimum Gasteiger partial charge on any atom is -0.289 e. The first-order chi connectivity index (χ1) is 10.6. The van der Waals surface area contributed by atoms with E-state index in [1.54, 1.807) is 54.0 Å². The number of carbonyl (C=O) groups excluding carboxylic acids is 1. The van der Waals surface area contributed by atoms with Crippen LogP contribution in [-0.4, -0.2) is 19.5 Å². The molecule has 2 aromatic rings. The summed E-state index contributed by atoms with van der Waals surface area (Å²) in [7, 11) is -3.56. The lowest BCUT2D eigenvalue weighted by molar-refractivity contribution is -0.129. The predicted octanol–water partition coefficient (Wildman–Crippen LogP) is 2.19. The van der Waals surface area contributed by atoms with Crippen LogP contribution in [0.5, 0.6) is 0 Å². The standard InChI is InChI=1S/C16H15NO4S/c18-15(17-19)10-13-12-8-4-5-9-14(12)22(20,21)16(13)11-6-2-1-3-7-11/h1-9,13,16,19H,10H2,(H,17,18). The Kier molecular flexibility index (Phi) is 3.72. The van der Waals surface area contributed by atoms with Gasteiger partial charge in [-0.15, -0.1) is 0 Å². The second-order valence-corrected chi connectivity index (χ2v) is 7.30. The third kappa shape index (κ3) is 2.30. The molecule has 1 amide bonds. The molecule has 1 aliphatic heterocycles. The second kappa shape index (κ2) is 5.55. The van der Waals surface area contributed by atoms with Crippen molar-refractivity contribution in [3.8, 4) is 0 Å². The Hall–Kier alpha value is -2.18. The molecule has 2 N–H and O–H groups in total. The molecule has 1 aliphatic rings. The minimum atomic E-state index is -3.56. The van der Waals surface area contributed by atoms with Crippen LogP contribution in [0.2, 0.25) is 0 Å². The lowest BCUT2D eigenvalue weighted by Crippen LogP contribution is -2.23. The molecule has 0 spiro atoms. The number of nitrogens with one attached hydrogen (secondary N) is 1. The van der Waals surface area contributed by atoms with Gasteiger partial charge in [0.05, 0.1) is 10.1 Å². The Morgan fingerprint density at radius 3 is 2.36 bits per heavy atom. The van der Waals surface area contributed by atoms with Gasteiger partial charge in [-0.25, -0.2) is 13.9 Å². The summed E-state index contributed by atoms with van der Waals surface area (Å²) >= 11 is 0. The number of sulfone groups is 1. The van der Waals surface area contributed by atoms with Crippen molar-refractivity contribution >= 4 is 15.7 Å². The summed E-state index contributed by atoms with van der Waals surface area (Å²) in [4.78, 5) is 11.9. The highest BCUT2D eigenvalue weighted by molar-refractivity contribution is 7.92. The predicted molar refractivity (Wildman–Crippen MR) is 80.1 cm³/mol. The van der Waals surface area contributed by atoms with E-state index in [-0.39, 0.29) is 11.3 Å². The van der Waals surface area contributed by atoms with Crippen LogP contribution in [0.1, 0.15) is 28.7 Å². The van der Waals surface area contributed by atoms with Crippen LogP contribution < -0.4 is 5.48 Å². The highest BCUT2D eigenvalue weighted by Crippen LogP contribution is 2.50. The third-order valence-electron chi connectivity index (χ3n) is 3.98. The number of fused-ring (bicyclic) bond motifs is 1. The molecular formula is C16H15NO4S. The first-order valence-electron chi connectivity index (χ1n) is 6.86. The second-order valence-electron chi connectivity index (χ2n) is 5.26. The highest BCUT2D eigenvalue weighted by Gasteiger charge is 2.46. The van der Waals surface area contributed by atoms with E-state index in [1.165, 1.54) is 0 Å². The van der Waals surface area contributed by atoms with Gasteiger partial charge in [0.15, 0.2) is 9.84 Å². The van der Waals surface area contributed by atoms with E-state index in [4.69, 9.17) is 5.21 Å². The summed E-state index contributed by atoms with van der Waals surface area (Å²) in [6, 6.07) is 15.6. The Labute approximate surface area is 128 Å². The molecule has 22 heavy (non-hydrogen) atoms. The molecule has 0 radical (unpaired) electrons. The largest absolute Gasteiger partial charge is 0.289 e. The molecule has 0 saturated heterocycles. The van der Waals surface area contributed by atoms with Gasteiger partial charge in [0.2, 0.25) is 5.91 Å². The average molecular weight is 317 g/mol. The molecule has 6 heteroatoms. The van der Waals surface area contributed by atoms with Crippen molar-refractivity contribution in [3.05, 3.63) is 65.7 Å². The number of rotatable bonds is 3. The van der Waals surface area contributed by atoms with Crippen LogP contribution in [-0.2, 0) is 14.6 Å². The van der Waals surface area contributed by atoms with Crippen LogP contribution in [0.25, 0.3) is 0 Å². The number of benzene rings is 2. The maximum atomic E-state index is 12.9. The molecule has 0 fully saturated rings. The monoisotopic (exact) mass is 317 g/mol. The SMILES string of the molecule is O=C(CC1c2ccccc2S(=O)(=O)C1c1ccccc1)NO. The first-order valence-corrected chi connectivity index (χ1v) is 8.41. The van der Waals surface area contributed by atoms with Gasteiger partial charge in [-0.2, -0.15) is 0 Å². The van der Waals surface area contributed by atoms with Gasteiger partial charge in [0, 0.05) is 12.3 Å². The van der Waals surface area contributed by atoms with E-state index in [2.05, 4.69) is 0 Å². The van der Waals surface area contributed by atoms with Gasteiger partial charge in [0.1, 0.15) is 0 Å². The van der Waals surface area contributed by atoms with E-state index in [1.807, 2.05) is 6.07 Å². The average Bonchev–Trinajstić information content (AvgIpc) is 2.76. The summed E-state index contributed by atoms with van der Waals surface area (Å²) in [5.74, 6) is -1.12. The first kappa shape index (κ1) is 14.7. The van der Waals surface area contributed by atoms with Crippen molar-refractivity contribution in [2.24, 2.45) is 0 Å². The molecule has 114 valence electrons. The van der Waals surface area contributed by atoms with Crippen LogP contribution in [0.15, 0.2) is 59.5 Å². The Balaban J connectivity index is 2.16. The van der Waals surface area contributed by atoms with Gasteiger partial charge >= 0.3 is 0 Å². The fourth-order valence-corrected chi connectivity index (χ4v) is 5.36. The Morgan fingerprint density at radius 2 is 1.68 bits per heavy atom. The van der Waals surface area contributed by atoms with Crippen molar-refractivity contribution in [2.45, 2.75) is 22.5 Å². The number of carbonyl (C=O) groups is 1. The summed E-state index contributed by atoms with van der Waals surface area (Å²) < 4.78 is 25.7. The zero-order valence-corrected chi connectivity index (χ0v) is 12.5. The molecule has 0 aromatic heterocycles. The summed E-state index contributed by atoms with van der Waals surface area (Å²) in [6.45, 7) is 0. The van der Waals surface area contributed by atoms with Crippen LogP contribution in [0.4, 0.5) is 0 Å². The van der Waals surface area contributed by atoms with Gasteiger partial charge in [-0.3, -0.25) is 10.0 Å². The molecule has 1 heterocycles. The van der Waals surface area contributed by atoms with E-state index < -0.39 is 26.9 Å². The maximum Gasteiger partial charge on any atom is 0.244 e. The number of amides is 1. The van der Waals surface area contributed by atoms with E-state index >= 15 is 0 Å². The Morgan fingerprint density at radius 1 is 1.05 bits per heavy atom. The summed E-state index contributed by atoms with van der Waals surface area (Å²) in [5.41, 5.74) is 2.86. The zero-order chi connectivity index (χ0) is 15.7. The Bertz CT molecular complexity index is 802. The maximum absolute atomic E-state index is 12.9. The van der Waals surface area contributed by atoms with Crippen LogP contribution in [0, 0.1) is 0 Å². The summed E-state index contributed by atoms with van der Waals surface area (Å²) in [6.07, 6.45) is -0.0910. The zero-order valence-electron chi connectivity index (χ0n) is 11.6. The summed E-state index contributed by atoms with van der Waals surface area (Å²) in [5, 5.41) is 7.96. The van der Waals surface area contributed by atoms with Gasteiger partial charge < -0.3 is 0 Å².